The molecule has 3 rings (SSSR count). The summed E-state index contributed by atoms with van der Waals surface area (Å²) in [7, 11) is 0. The number of guanidine groups is 1. The summed E-state index contributed by atoms with van der Waals surface area (Å²) in [5.41, 5.74) is 9.26. The topological polar surface area (TPSA) is 68.9 Å². The highest BCUT2D eigenvalue weighted by Crippen LogP contribution is 2.47. The first-order valence-corrected chi connectivity index (χ1v) is 8.47. The van der Waals surface area contributed by atoms with Gasteiger partial charge in [-0.25, -0.2) is 4.99 Å². The molecule has 3 atom stereocenters. The van der Waals surface area contributed by atoms with Gasteiger partial charge in [0.05, 0.1) is 12.1 Å². The zero-order valence-electron chi connectivity index (χ0n) is 14.3. The molecule has 5 heteroatoms. The molecule has 2 aliphatic rings. The second-order valence-corrected chi connectivity index (χ2v) is 6.62. The van der Waals surface area contributed by atoms with E-state index >= 15 is 0 Å². The summed E-state index contributed by atoms with van der Waals surface area (Å²) in [4.78, 5) is 4.68. The predicted octanol–water partition coefficient (Wildman–Crippen LogP) is 2.76. The van der Waals surface area contributed by atoms with Crippen molar-refractivity contribution in [2.24, 2.45) is 10.7 Å². The van der Waals surface area contributed by atoms with E-state index in [1.54, 1.807) is 0 Å². The number of anilines is 1. The number of hydrogen-bond acceptors (Lipinski definition) is 3. The molecule has 1 aliphatic carbocycles. The monoisotopic (exact) mass is 317 g/mol. The summed E-state index contributed by atoms with van der Waals surface area (Å²) < 4.78 is 11.8. The van der Waals surface area contributed by atoms with Crippen LogP contribution in [0.2, 0.25) is 0 Å². The van der Waals surface area contributed by atoms with E-state index in [1.807, 2.05) is 6.92 Å². The van der Waals surface area contributed by atoms with Gasteiger partial charge in [-0.1, -0.05) is 6.07 Å². The van der Waals surface area contributed by atoms with Gasteiger partial charge < -0.3 is 20.5 Å². The van der Waals surface area contributed by atoms with Gasteiger partial charge in [0.15, 0.2) is 5.96 Å². The van der Waals surface area contributed by atoms with Gasteiger partial charge in [-0.2, -0.15) is 0 Å². The number of nitrogens with two attached hydrogens (primary N) is 1. The molecule has 0 aromatic heterocycles. The van der Waals surface area contributed by atoms with E-state index in [-0.39, 0.29) is 17.7 Å². The molecule has 1 aromatic rings. The van der Waals surface area contributed by atoms with Crippen LogP contribution in [0.1, 0.15) is 37.3 Å². The molecule has 1 saturated heterocycles. The number of ether oxygens (including phenoxy) is 2. The number of benzene rings is 1. The Balaban J connectivity index is 1.70. The lowest BCUT2D eigenvalue weighted by Crippen LogP contribution is -2.63. The molecule has 2 fully saturated rings. The number of aliphatic imine (C=N–C) groups is 1. The summed E-state index contributed by atoms with van der Waals surface area (Å²) in [6.07, 6.45) is 3.10. The van der Waals surface area contributed by atoms with E-state index in [4.69, 9.17) is 15.2 Å². The molecule has 1 aromatic carbocycles. The summed E-state index contributed by atoms with van der Waals surface area (Å²) >= 11 is 0. The molecular weight excluding hydrogens is 290 g/mol. The van der Waals surface area contributed by atoms with Crippen LogP contribution in [0.25, 0.3) is 0 Å². The molecule has 3 N–H and O–H groups in total. The van der Waals surface area contributed by atoms with E-state index in [0.29, 0.717) is 12.6 Å². The van der Waals surface area contributed by atoms with E-state index in [2.05, 4.69) is 42.4 Å². The Morgan fingerprint density at radius 1 is 1.39 bits per heavy atom. The molecular formula is C18H27N3O2. The van der Waals surface area contributed by atoms with Gasteiger partial charge in [0.25, 0.3) is 0 Å². The van der Waals surface area contributed by atoms with E-state index in [1.165, 1.54) is 11.1 Å². The maximum absolute atomic E-state index is 6.13. The highest BCUT2D eigenvalue weighted by atomic mass is 16.6. The lowest BCUT2D eigenvalue weighted by molar-refractivity contribution is -0.188. The first-order chi connectivity index (χ1) is 11.0. The second-order valence-electron chi connectivity index (χ2n) is 6.62. The zero-order valence-corrected chi connectivity index (χ0v) is 14.3. The second kappa shape index (κ2) is 6.49. The van der Waals surface area contributed by atoms with Crippen molar-refractivity contribution in [1.29, 1.82) is 0 Å². The van der Waals surface area contributed by atoms with E-state index in [0.717, 1.165) is 31.6 Å². The fraction of sp³-hybridized carbons (Fsp3) is 0.611. The minimum absolute atomic E-state index is 0.0833. The minimum Gasteiger partial charge on any atom is -0.375 e. The molecule has 23 heavy (non-hydrogen) atoms. The van der Waals surface area contributed by atoms with Crippen LogP contribution in [0.5, 0.6) is 0 Å². The lowest BCUT2D eigenvalue weighted by Gasteiger charge is -2.50. The third-order valence-corrected chi connectivity index (χ3v) is 4.79. The average molecular weight is 317 g/mol. The van der Waals surface area contributed by atoms with Crippen LogP contribution < -0.4 is 11.1 Å². The Morgan fingerprint density at radius 2 is 2.13 bits per heavy atom. The van der Waals surface area contributed by atoms with E-state index in [9.17, 15) is 0 Å². The maximum Gasteiger partial charge on any atom is 0.193 e. The zero-order chi connectivity index (χ0) is 16.4. The first kappa shape index (κ1) is 16.3. The molecule has 0 amide bonds. The molecule has 5 nitrogen and oxygen atoms in total. The Hall–Kier alpha value is -1.59. The van der Waals surface area contributed by atoms with Crippen molar-refractivity contribution in [2.45, 2.75) is 57.8 Å². The largest absolute Gasteiger partial charge is 0.375 e. The number of rotatable bonds is 4. The standard InChI is InChI=1S/C18H27N3O2/c1-4-22-16-11-15(18(16)6-5-7-23-18)21-17(19)20-14-9-12(2)8-13(3)10-14/h8-10,15-16H,4-7,11H2,1-3H3,(H3,19,20,21). The normalized spacial score (nSPS) is 30.5. The highest BCUT2D eigenvalue weighted by Gasteiger charge is 2.59. The van der Waals surface area contributed by atoms with Crippen LogP contribution in [0.3, 0.4) is 0 Å². The smallest absolute Gasteiger partial charge is 0.193 e. The van der Waals surface area contributed by atoms with Gasteiger partial charge >= 0.3 is 0 Å². The lowest BCUT2D eigenvalue weighted by atomic mass is 9.70. The Labute approximate surface area is 138 Å². The number of hydrogen-bond donors (Lipinski definition) is 2. The third-order valence-electron chi connectivity index (χ3n) is 4.79. The molecule has 0 bridgehead atoms. The van der Waals surface area contributed by atoms with Gasteiger partial charge in [-0.05, 0) is 56.9 Å². The molecule has 1 saturated carbocycles. The molecule has 1 spiro atoms. The Bertz CT molecular complexity index is 574. The fourth-order valence-corrected chi connectivity index (χ4v) is 3.82. The Morgan fingerprint density at radius 3 is 2.74 bits per heavy atom. The van der Waals surface area contributed by atoms with Crippen LogP contribution in [0.15, 0.2) is 23.2 Å². The predicted molar refractivity (Wildman–Crippen MR) is 92.9 cm³/mol. The summed E-state index contributed by atoms with van der Waals surface area (Å²) in [6.45, 7) is 7.68. The summed E-state index contributed by atoms with van der Waals surface area (Å²) in [6, 6.07) is 6.36. The minimum atomic E-state index is -0.259. The van der Waals surface area contributed by atoms with Gasteiger partial charge in [0.1, 0.15) is 5.60 Å². The summed E-state index contributed by atoms with van der Waals surface area (Å²) in [5, 5.41) is 3.21. The van der Waals surface area contributed by atoms with Crippen LogP contribution in [0.4, 0.5) is 5.69 Å². The van der Waals surface area contributed by atoms with Crippen LogP contribution in [0, 0.1) is 13.8 Å². The first-order valence-electron chi connectivity index (χ1n) is 8.47. The quantitative estimate of drug-likeness (QED) is 0.662. The number of nitrogens with zero attached hydrogens (tertiary/aromatic N) is 1. The molecule has 126 valence electrons. The van der Waals surface area contributed by atoms with E-state index < -0.39 is 0 Å². The van der Waals surface area contributed by atoms with Gasteiger partial charge in [0, 0.05) is 25.3 Å². The summed E-state index contributed by atoms with van der Waals surface area (Å²) in [5.74, 6) is 0.449. The van der Waals surface area contributed by atoms with Crippen molar-refractivity contribution >= 4 is 11.6 Å². The molecule has 0 radical (unpaired) electrons. The van der Waals surface area contributed by atoms with Crippen molar-refractivity contribution in [3.8, 4) is 0 Å². The molecule has 1 aliphatic heterocycles. The number of nitrogens with one attached hydrogen (secondary N) is 1. The van der Waals surface area contributed by atoms with Gasteiger partial charge in [0.2, 0.25) is 0 Å². The van der Waals surface area contributed by atoms with Crippen LogP contribution >= 0.6 is 0 Å². The SMILES string of the molecule is CCOC1CC(N=C(N)Nc2cc(C)cc(C)c2)C12CCCO2. The van der Waals surface area contributed by atoms with Crippen LogP contribution in [-0.4, -0.2) is 36.9 Å². The number of aryl methyl sites for hydroxylation is 2. The maximum atomic E-state index is 6.13. The van der Waals surface area contributed by atoms with Crippen molar-refractivity contribution in [2.75, 3.05) is 18.5 Å². The third kappa shape index (κ3) is 3.21. The van der Waals surface area contributed by atoms with Crippen molar-refractivity contribution in [3.05, 3.63) is 29.3 Å². The van der Waals surface area contributed by atoms with Crippen molar-refractivity contribution in [3.63, 3.8) is 0 Å². The van der Waals surface area contributed by atoms with Gasteiger partial charge in [-0.15, -0.1) is 0 Å². The van der Waals surface area contributed by atoms with Gasteiger partial charge in [-0.3, -0.25) is 0 Å². The Kier molecular flexibility index (Phi) is 4.60. The fourth-order valence-electron chi connectivity index (χ4n) is 3.82. The molecule has 3 unspecified atom stereocenters. The van der Waals surface area contributed by atoms with Crippen molar-refractivity contribution in [1.82, 2.24) is 0 Å². The van der Waals surface area contributed by atoms with Crippen LogP contribution in [-0.2, 0) is 9.47 Å². The average Bonchev–Trinajstić information content (AvgIpc) is 2.97. The highest BCUT2D eigenvalue weighted by molar-refractivity contribution is 5.92. The van der Waals surface area contributed by atoms with Crippen molar-refractivity contribution < 1.29 is 9.47 Å². The molecule has 1 heterocycles.